The smallest absolute Gasteiger partial charge is 0.200 e. The molecule has 30 heavy (non-hydrogen) atoms. The Hall–Kier alpha value is -2.09. The number of rotatable bonds is 7. The first-order valence-corrected chi connectivity index (χ1v) is 10.7. The van der Waals surface area contributed by atoms with Crippen molar-refractivity contribution in [1.82, 2.24) is 0 Å². The average Bonchev–Trinajstić information content (AvgIpc) is 3.36. The first-order chi connectivity index (χ1) is 14.3. The van der Waals surface area contributed by atoms with Crippen LogP contribution < -0.4 is 14.9 Å². The Morgan fingerprint density at radius 2 is 1.97 bits per heavy atom. The van der Waals surface area contributed by atoms with Gasteiger partial charge in [0.05, 0.1) is 11.7 Å². The van der Waals surface area contributed by atoms with Crippen LogP contribution in [-0.2, 0) is 19.4 Å². The third-order valence-corrected chi connectivity index (χ3v) is 6.14. The van der Waals surface area contributed by atoms with Crippen molar-refractivity contribution in [2.24, 2.45) is 0 Å². The maximum Gasteiger partial charge on any atom is 0.200 e. The molecule has 1 fully saturated rings. The molecule has 1 saturated carbocycles. The van der Waals surface area contributed by atoms with Crippen LogP contribution in [-0.4, -0.2) is 39.7 Å². The highest BCUT2D eigenvalue weighted by Gasteiger charge is 2.38. The summed E-state index contributed by atoms with van der Waals surface area (Å²) in [6, 6.07) is 1.66. The Balaban J connectivity index is 1.91. The van der Waals surface area contributed by atoms with Crippen molar-refractivity contribution in [2.75, 3.05) is 6.61 Å². The van der Waals surface area contributed by atoms with Gasteiger partial charge in [0, 0.05) is 30.2 Å². The molecule has 0 saturated heterocycles. The van der Waals surface area contributed by atoms with E-state index in [9.17, 15) is 20.1 Å². The Labute approximate surface area is 175 Å². The van der Waals surface area contributed by atoms with E-state index >= 15 is 0 Å². The fourth-order valence-corrected chi connectivity index (χ4v) is 4.43. The lowest BCUT2D eigenvalue weighted by molar-refractivity contribution is -0.0229. The van der Waals surface area contributed by atoms with E-state index in [1.807, 2.05) is 0 Å². The van der Waals surface area contributed by atoms with Crippen molar-refractivity contribution >= 4 is 11.0 Å². The van der Waals surface area contributed by atoms with Gasteiger partial charge in [-0.15, -0.1) is 0 Å². The van der Waals surface area contributed by atoms with Crippen LogP contribution in [0.15, 0.2) is 15.3 Å². The van der Waals surface area contributed by atoms with Crippen molar-refractivity contribution in [1.29, 1.82) is 0 Å². The Morgan fingerprint density at radius 3 is 2.60 bits per heavy atom. The first kappa shape index (κ1) is 21.2. The van der Waals surface area contributed by atoms with Crippen molar-refractivity contribution in [3.8, 4) is 11.5 Å². The van der Waals surface area contributed by atoms with Crippen LogP contribution in [0.1, 0.15) is 62.8 Å². The van der Waals surface area contributed by atoms with Crippen LogP contribution >= 0.6 is 0 Å². The summed E-state index contributed by atoms with van der Waals surface area (Å²) >= 11 is 0. The quantitative estimate of drug-likeness (QED) is 0.634. The normalized spacial score (nSPS) is 19.3. The molecule has 0 spiro atoms. The fourth-order valence-electron chi connectivity index (χ4n) is 4.43. The van der Waals surface area contributed by atoms with E-state index in [1.165, 1.54) is 0 Å². The highest BCUT2D eigenvalue weighted by Crippen LogP contribution is 2.44. The van der Waals surface area contributed by atoms with Crippen LogP contribution in [0.2, 0.25) is 0 Å². The second-order valence-electron chi connectivity index (χ2n) is 8.86. The van der Waals surface area contributed by atoms with Gasteiger partial charge in [-0.05, 0) is 52.4 Å². The lowest BCUT2D eigenvalue weighted by atomic mass is 9.95. The molecular formula is C23H30O7. The van der Waals surface area contributed by atoms with Gasteiger partial charge in [0.25, 0.3) is 0 Å². The van der Waals surface area contributed by atoms with Crippen molar-refractivity contribution in [3.05, 3.63) is 33.2 Å². The number of hydrogen-bond acceptors (Lipinski definition) is 7. The van der Waals surface area contributed by atoms with Crippen LogP contribution in [0.25, 0.3) is 11.0 Å². The summed E-state index contributed by atoms with van der Waals surface area (Å²) in [6.45, 7) is 2.93. The molecule has 7 nitrogen and oxygen atoms in total. The standard InChI is InChI=1S/C23H30O7/c1-23(2,27)19-10-15-16(30-19)11-17-20(22(15)28-13-6-3-4-7-13)21(26)14(8-5-9-24)18(12-25)29-17/h11,13,19,24-25,27H,3-10,12H2,1-2H3. The van der Waals surface area contributed by atoms with E-state index in [0.29, 0.717) is 47.3 Å². The molecule has 0 amide bonds. The van der Waals surface area contributed by atoms with Crippen LogP contribution in [0.4, 0.5) is 0 Å². The molecule has 0 bridgehead atoms. The van der Waals surface area contributed by atoms with Crippen LogP contribution in [0, 0.1) is 0 Å². The SMILES string of the molecule is CC(C)(O)C1Cc2c(cc3oc(CO)c(CCCO)c(=O)c3c2OC2CCCC2)O1. The summed E-state index contributed by atoms with van der Waals surface area (Å²) in [4.78, 5) is 13.5. The molecule has 1 unspecified atom stereocenters. The Bertz CT molecular complexity index is 980. The third kappa shape index (κ3) is 3.82. The van der Waals surface area contributed by atoms with Gasteiger partial charge in [-0.1, -0.05) is 0 Å². The van der Waals surface area contributed by atoms with E-state index < -0.39 is 18.3 Å². The second-order valence-corrected chi connectivity index (χ2v) is 8.86. The van der Waals surface area contributed by atoms with Crippen LogP contribution in [0.3, 0.4) is 0 Å². The highest BCUT2D eigenvalue weighted by molar-refractivity contribution is 5.88. The predicted octanol–water partition coefficient (Wildman–Crippen LogP) is 2.61. The van der Waals surface area contributed by atoms with Gasteiger partial charge in [0.2, 0.25) is 0 Å². The maximum atomic E-state index is 13.5. The van der Waals surface area contributed by atoms with Gasteiger partial charge in [0.15, 0.2) is 5.43 Å². The number of aliphatic hydroxyl groups is 3. The number of hydrogen-bond donors (Lipinski definition) is 3. The molecule has 7 heteroatoms. The van der Waals surface area contributed by atoms with Gasteiger partial charge in [0.1, 0.15) is 40.9 Å². The molecule has 1 aliphatic carbocycles. The summed E-state index contributed by atoms with van der Waals surface area (Å²) in [5.74, 6) is 1.21. The molecule has 2 heterocycles. The van der Waals surface area contributed by atoms with Gasteiger partial charge >= 0.3 is 0 Å². The van der Waals surface area contributed by atoms with Crippen molar-refractivity contribution in [2.45, 2.75) is 83.2 Å². The largest absolute Gasteiger partial charge is 0.489 e. The van der Waals surface area contributed by atoms with Gasteiger partial charge in [-0.25, -0.2) is 0 Å². The summed E-state index contributed by atoms with van der Waals surface area (Å²) < 4.78 is 18.3. The van der Waals surface area contributed by atoms with Crippen molar-refractivity contribution in [3.63, 3.8) is 0 Å². The predicted molar refractivity (Wildman–Crippen MR) is 111 cm³/mol. The van der Waals surface area contributed by atoms with E-state index in [4.69, 9.17) is 13.9 Å². The van der Waals surface area contributed by atoms with Crippen LogP contribution in [0.5, 0.6) is 11.5 Å². The Morgan fingerprint density at radius 1 is 1.23 bits per heavy atom. The topological polar surface area (TPSA) is 109 Å². The third-order valence-electron chi connectivity index (χ3n) is 6.14. The zero-order valence-electron chi connectivity index (χ0n) is 17.6. The molecule has 1 aromatic heterocycles. The van der Waals surface area contributed by atoms with E-state index in [0.717, 1.165) is 31.2 Å². The molecular weight excluding hydrogens is 388 g/mol. The van der Waals surface area contributed by atoms with E-state index in [-0.39, 0.29) is 23.9 Å². The molecule has 1 aromatic carbocycles. The average molecular weight is 418 g/mol. The zero-order valence-corrected chi connectivity index (χ0v) is 17.6. The minimum atomic E-state index is -1.06. The lowest BCUT2D eigenvalue weighted by Gasteiger charge is -2.24. The monoisotopic (exact) mass is 418 g/mol. The number of fused-ring (bicyclic) bond motifs is 2. The number of ether oxygens (including phenoxy) is 2. The fraction of sp³-hybridized carbons (Fsp3) is 0.609. The molecule has 164 valence electrons. The summed E-state index contributed by atoms with van der Waals surface area (Å²) in [6.07, 6.45) is 4.75. The minimum absolute atomic E-state index is 0.0266. The second kappa shape index (κ2) is 8.21. The molecule has 1 atom stereocenters. The minimum Gasteiger partial charge on any atom is -0.489 e. The molecule has 2 aliphatic rings. The van der Waals surface area contributed by atoms with E-state index in [2.05, 4.69) is 0 Å². The Kier molecular flexibility index (Phi) is 5.79. The zero-order chi connectivity index (χ0) is 21.5. The van der Waals surface area contributed by atoms with Gasteiger partial charge in [-0.2, -0.15) is 0 Å². The molecule has 1 aliphatic heterocycles. The lowest BCUT2D eigenvalue weighted by Crippen LogP contribution is -2.39. The van der Waals surface area contributed by atoms with E-state index in [1.54, 1.807) is 19.9 Å². The first-order valence-electron chi connectivity index (χ1n) is 10.7. The van der Waals surface area contributed by atoms with Crippen molar-refractivity contribution < 1.29 is 29.2 Å². The highest BCUT2D eigenvalue weighted by atomic mass is 16.5. The number of benzene rings is 1. The summed E-state index contributed by atoms with van der Waals surface area (Å²) in [5, 5.41) is 29.8. The molecule has 0 radical (unpaired) electrons. The summed E-state index contributed by atoms with van der Waals surface area (Å²) in [5.41, 5.74) is 0.152. The molecule has 3 N–H and O–H groups in total. The maximum absolute atomic E-state index is 13.5. The van der Waals surface area contributed by atoms with Gasteiger partial charge < -0.3 is 29.2 Å². The molecule has 4 rings (SSSR count). The number of aliphatic hydroxyl groups excluding tert-OH is 2. The summed E-state index contributed by atoms with van der Waals surface area (Å²) in [7, 11) is 0. The van der Waals surface area contributed by atoms with Gasteiger partial charge in [-0.3, -0.25) is 4.79 Å². The molecule has 2 aromatic rings.